The molecule has 0 aromatic heterocycles. The van der Waals surface area contributed by atoms with Crippen LogP contribution < -0.4 is 0 Å². The summed E-state index contributed by atoms with van der Waals surface area (Å²) in [4.78, 5) is 0. The van der Waals surface area contributed by atoms with Gasteiger partial charge in [0.25, 0.3) is 0 Å². The molecule has 0 bridgehead atoms. The first-order valence-electron chi connectivity index (χ1n) is 7.02. The fourth-order valence-corrected chi connectivity index (χ4v) is 3.70. The molecular formula is C17H22. The zero-order valence-electron chi connectivity index (χ0n) is 10.7. The molecule has 90 valence electrons. The monoisotopic (exact) mass is 226 g/mol. The van der Waals surface area contributed by atoms with E-state index in [-0.39, 0.29) is 0 Å². The summed E-state index contributed by atoms with van der Waals surface area (Å²) in [5, 5.41) is 0. The van der Waals surface area contributed by atoms with Crippen LogP contribution in [0, 0.1) is 23.7 Å². The summed E-state index contributed by atoms with van der Waals surface area (Å²) >= 11 is 0. The van der Waals surface area contributed by atoms with E-state index in [2.05, 4.69) is 43.8 Å². The number of benzene rings is 1. The van der Waals surface area contributed by atoms with Gasteiger partial charge in [0, 0.05) is 0 Å². The Morgan fingerprint density at radius 1 is 1.12 bits per heavy atom. The van der Waals surface area contributed by atoms with Crippen molar-refractivity contribution in [3.05, 3.63) is 48.0 Å². The van der Waals surface area contributed by atoms with E-state index in [0.717, 1.165) is 30.1 Å². The van der Waals surface area contributed by atoms with Crippen molar-refractivity contribution in [2.75, 3.05) is 0 Å². The lowest BCUT2D eigenvalue weighted by Crippen LogP contribution is -2.00. The molecule has 17 heavy (non-hydrogen) atoms. The summed E-state index contributed by atoms with van der Waals surface area (Å²) in [5.41, 5.74) is 2.99. The van der Waals surface area contributed by atoms with Gasteiger partial charge in [-0.15, -0.1) is 6.58 Å². The van der Waals surface area contributed by atoms with Crippen LogP contribution in [0.15, 0.2) is 36.9 Å². The van der Waals surface area contributed by atoms with E-state index in [1.165, 1.54) is 30.4 Å². The predicted octanol–water partition coefficient (Wildman–Crippen LogP) is 4.25. The van der Waals surface area contributed by atoms with E-state index in [1.54, 1.807) is 0 Å². The van der Waals surface area contributed by atoms with Crippen LogP contribution in [0.3, 0.4) is 0 Å². The third kappa shape index (κ3) is 2.06. The van der Waals surface area contributed by atoms with Gasteiger partial charge in [-0.1, -0.05) is 37.3 Å². The van der Waals surface area contributed by atoms with Crippen molar-refractivity contribution in [3.63, 3.8) is 0 Å². The van der Waals surface area contributed by atoms with E-state index in [4.69, 9.17) is 0 Å². The van der Waals surface area contributed by atoms with Crippen molar-refractivity contribution in [3.8, 4) is 0 Å². The standard InChI is InChI=1S/C17H22/c1-3-12-5-7-14(8-6-12)11-17-15-9-13(4-2)10-16(15)17/h4-8,13,15-17H,2-3,9-11H2,1H3. The van der Waals surface area contributed by atoms with Crippen molar-refractivity contribution in [2.24, 2.45) is 23.7 Å². The Bertz CT molecular complexity index is 389. The largest absolute Gasteiger partial charge is 0.103 e. The van der Waals surface area contributed by atoms with E-state index >= 15 is 0 Å². The summed E-state index contributed by atoms with van der Waals surface area (Å²) in [5.74, 6) is 3.84. The summed E-state index contributed by atoms with van der Waals surface area (Å²) in [6, 6.07) is 9.25. The average molecular weight is 226 g/mol. The Morgan fingerprint density at radius 2 is 1.71 bits per heavy atom. The molecule has 0 heteroatoms. The van der Waals surface area contributed by atoms with Crippen molar-refractivity contribution in [1.29, 1.82) is 0 Å². The van der Waals surface area contributed by atoms with Crippen LogP contribution in [0.2, 0.25) is 0 Å². The fraction of sp³-hybridized carbons (Fsp3) is 0.529. The Balaban J connectivity index is 1.57. The van der Waals surface area contributed by atoms with Gasteiger partial charge in [0.1, 0.15) is 0 Å². The molecule has 0 aliphatic heterocycles. The maximum Gasteiger partial charge on any atom is -0.0231 e. The van der Waals surface area contributed by atoms with Gasteiger partial charge in [-0.05, 0) is 60.5 Å². The third-order valence-electron chi connectivity index (χ3n) is 4.89. The molecule has 0 amide bonds. The van der Waals surface area contributed by atoms with E-state index < -0.39 is 0 Å². The summed E-state index contributed by atoms with van der Waals surface area (Å²) < 4.78 is 0. The minimum absolute atomic E-state index is 0.823. The molecular weight excluding hydrogens is 204 g/mol. The molecule has 2 unspecified atom stereocenters. The van der Waals surface area contributed by atoms with Crippen molar-refractivity contribution in [1.82, 2.24) is 0 Å². The second-order valence-corrected chi connectivity index (χ2v) is 5.83. The molecule has 0 radical (unpaired) electrons. The Morgan fingerprint density at radius 3 is 2.24 bits per heavy atom. The summed E-state index contributed by atoms with van der Waals surface area (Å²) in [7, 11) is 0. The van der Waals surface area contributed by atoms with Gasteiger partial charge in [-0.25, -0.2) is 0 Å². The molecule has 0 spiro atoms. The number of aryl methyl sites for hydroxylation is 1. The highest BCUT2D eigenvalue weighted by atomic mass is 14.6. The first kappa shape index (κ1) is 11.1. The van der Waals surface area contributed by atoms with Gasteiger partial charge in [0.15, 0.2) is 0 Å². The Kier molecular flexibility index (Phi) is 2.82. The van der Waals surface area contributed by atoms with Crippen LogP contribution in [-0.4, -0.2) is 0 Å². The maximum absolute atomic E-state index is 3.93. The number of hydrogen-bond acceptors (Lipinski definition) is 0. The molecule has 0 N–H and O–H groups in total. The smallest absolute Gasteiger partial charge is 0.0231 e. The van der Waals surface area contributed by atoms with E-state index in [0.29, 0.717) is 0 Å². The molecule has 2 aliphatic rings. The number of allylic oxidation sites excluding steroid dienone is 1. The van der Waals surface area contributed by atoms with Crippen LogP contribution >= 0.6 is 0 Å². The van der Waals surface area contributed by atoms with Gasteiger partial charge >= 0.3 is 0 Å². The van der Waals surface area contributed by atoms with Crippen LogP contribution in [0.1, 0.15) is 30.9 Å². The third-order valence-corrected chi connectivity index (χ3v) is 4.89. The molecule has 2 saturated carbocycles. The Hall–Kier alpha value is -1.04. The van der Waals surface area contributed by atoms with E-state index in [1.807, 2.05) is 0 Å². The fourth-order valence-electron chi connectivity index (χ4n) is 3.70. The molecule has 3 rings (SSSR count). The summed E-state index contributed by atoms with van der Waals surface area (Å²) in [6.07, 6.45) is 7.44. The Labute approximate surface area is 105 Å². The number of hydrogen-bond donors (Lipinski definition) is 0. The predicted molar refractivity (Wildman–Crippen MR) is 72.9 cm³/mol. The molecule has 0 heterocycles. The van der Waals surface area contributed by atoms with Crippen molar-refractivity contribution >= 4 is 0 Å². The highest BCUT2D eigenvalue weighted by Crippen LogP contribution is 2.60. The SMILES string of the molecule is C=CC1CC2C(Cc3ccc(CC)cc3)C2C1. The molecule has 1 aromatic carbocycles. The number of rotatable bonds is 4. The zero-order valence-corrected chi connectivity index (χ0v) is 10.7. The minimum atomic E-state index is 0.823. The minimum Gasteiger partial charge on any atom is -0.103 e. The molecule has 2 atom stereocenters. The van der Waals surface area contributed by atoms with Gasteiger partial charge in [0.05, 0.1) is 0 Å². The second-order valence-electron chi connectivity index (χ2n) is 5.83. The van der Waals surface area contributed by atoms with Crippen LogP contribution in [-0.2, 0) is 12.8 Å². The van der Waals surface area contributed by atoms with Gasteiger partial charge in [0.2, 0.25) is 0 Å². The lowest BCUT2D eigenvalue weighted by atomic mass is 9.96. The van der Waals surface area contributed by atoms with E-state index in [9.17, 15) is 0 Å². The first-order chi connectivity index (χ1) is 8.31. The topological polar surface area (TPSA) is 0 Å². The second kappa shape index (κ2) is 4.33. The van der Waals surface area contributed by atoms with Crippen molar-refractivity contribution < 1.29 is 0 Å². The lowest BCUT2D eigenvalue weighted by Gasteiger charge is -2.09. The molecule has 2 aliphatic carbocycles. The van der Waals surface area contributed by atoms with Gasteiger partial charge < -0.3 is 0 Å². The van der Waals surface area contributed by atoms with Gasteiger partial charge in [-0.2, -0.15) is 0 Å². The average Bonchev–Trinajstić information content (AvgIpc) is 2.84. The van der Waals surface area contributed by atoms with Gasteiger partial charge in [-0.3, -0.25) is 0 Å². The van der Waals surface area contributed by atoms with Crippen molar-refractivity contribution in [2.45, 2.75) is 32.6 Å². The first-order valence-corrected chi connectivity index (χ1v) is 7.02. The normalized spacial score (nSPS) is 34.4. The van der Waals surface area contributed by atoms with Crippen LogP contribution in [0.5, 0.6) is 0 Å². The van der Waals surface area contributed by atoms with Crippen LogP contribution in [0.4, 0.5) is 0 Å². The quantitative estimate of drug-likeness (QED) is 0.673. The molecule has 1 aromatic rings. The zero-order chi connectivity index (χ0) is 11.8. The molecule has 0 saturated heterocycles. The summed E-state index contributed by atoms with van der Waals surface area (Å²) in [6.45, 7) is 6.14. The molecule has 2 fully saturated rings. The molecule has 0 nitrogen and oxygen atoms in total. The highest BCUT2D eigenvalue weighted by Gasteiger charge is 2.54. The maximum atomic E-state index is 3.93. The number of fused-ring (bicyclic) bond motifs is 1. The van der Waals surface area contributed by atoms with Crippen LogP contribution in [0.25, 0.3) is 0 Å². The highest BCUT2D eigenvalue weighted by molar-refractivity contribution is 5.24. The lowest BCUT2D eigenvalue weighted by molar-refractivity contribution is 0.508.